The number of hydroxylamine groups is 3. The van der Waals surface area contributed by atoms with Gasteiger partial charge in [-0.2, -0.15) is 4.65 Å². The van der Waals surface area contributed by atoms with Gasteiger partial charge < -0.3 is 0 Å². The zero-order chi connectivity index (χ0) is 18.8. The second-order valence-corrected chi connectivity index (χ2v) is 8.33. The van der Waals surface area contributed by atoms with Crippen LogP contribution in [0.1, 0.15) is 116 Å². The van der Waals surface area contributed by atoms with Gasteiger partial charge in [0.05, 0.1) is 20.5 Å². The molecule has 0 aromatic carbocycles. The molecule has 0 rings (SSSR count). The molecule has 0 heterocycles. The molecule has 150 valence electrons. The standard InChI is InChI=1S/C22H46NO2/c1-4-5-6-7-8-9-10-11-12-13-14-15-16-17-18-19-22(24)20-21-23(2,3)25/h25H,4-21H2,1-3H3/q+1. The highest BCUT2D eigenvalue weighted by Gasteiger charge is 2.13. The Morgan fingerprint density at radius 1 is 0.640 bits per heavy atom. The van der Waals surface area contributed by atoms with Crippen LogP contribution < -0.4 is 0 Å². The molecule has 0 bridgehead atoms. The number of Topliss-reactive ketones (excluding diaryl/α,β-unsaturated/α-hetero) is 1. The van der Waals surface area contributed by atoms with E-state index in [1.54, 1.807) is 14.1 Å². The van der Waals surface area contributed by atoms with Gasteiger partial charge in [-0.05, 0) is 6.42 Å². The second kappa shape index (κ2) is 17.0. The monoisotopic (exact) mass is 356 g/mol. The molecule has 0 saturated carbocycles. The van der Waals surface area contributed by atoms with E-state index in [1.165, 1.54) is 89.9 Å². The summed E-state index contributed by atoms with van der Waals surface area (Å²) in [6, 6.07) is 0. The Hall–Kier alpha value is -0.410. The minimum Gasteiger partial charge on any atom is -0.299 e. The van der Waals surface area contributed by atoms with Crippen molar-refractivity contribution in [1.29, 1.82) is 0 Å². The number of nitrogens with zero attached hydrogens (tertiary/aromatic N) is 1. The van der Waals surface area contributed by atoms with Gasteiger partial charge in [0.25, 0.3) is 0 Å². The number of unbranched alkanes of at least 4 members (excludes halogenated alkanes) is 14. The number of carbonyl (C=O) groups excluding carboxylic acids is 1. The first-order valence-electron chi connectivity index (χ1n) is 11.0. The van der Waals surface area contributed by atoms with E-state index < -0.39 is 0 Å². The minimum atomic E-state index is -0.107. The Morgan fingerprint density at radius 2 is 1.00 bits per heavy atom. The van der Waals surface area contributed by atoms with Crippen LogP contribution in [0, 0.1) is 0 Å². The van der Waals surface area contributed by atoms with Crippen molar-refractivity contribution in [3.05, 3.63) is 0 Å². The van der Waals surface area contributed by atoms with E-state index in [0.29, 0.717) is 25.2 Å². The van der Waals surface area contributed by atoms with Crippen molar-refractivity contribution in [1.82, 2.24) is 0 Å². The maximum absolute atomic E-state index is 11.7. The molecule has 0 aromatic heterocycles. The Labute approximate surface area is 157 Å². The first-order valence-corrected chi connectivity index (χ1v) is 11.0. The van der Waals surface area contributed by atoms with Crippen LogP contribution in [0.3, 0.4) is 0 Å². The van der Waals surface area contributed by atoms with Gasteiger partial charge in [-0.25, -0.2) is 5.21 Å². The Morgan fingerprint density at radius 3 is 1.36 bits per heavy atom. The fraction of sp³-hybridized carbons (Fsp3) is 0.955. The summed E-state index contributed by atoms with van der Waals surface area (Å²) in [7, 11) is 3.42. The average Bonchev–Trinajstić information content (AvgIpc) is 2.56. The molecule has 0 spiro atoms. The van der Waals surface area contributed by atoms with Crippen molar-refractivity contribution in [2.24, 2.45) is 0 Å². The zero-order valence-corrected chi connectivity index (χ0v) is 17.5. The minimum absolute atomic E-state index is 0.107. The van der Waals surface area contributed by atoms with Gasteiger partial charge in [0.1, 0.15) is 12.3 Å². The molecule has 0 aliphatic heterocycles. The zero-order valence-electron chi connectivity index (χ0n) is 17.5. The molecule has 0 saturated heterocycles. The van der Waals surface area contributed by atoms with Crippen LogP contribution in [0.2, 0.25) is 0 Å². The Balaban J connectivity index is 3.15. The lowest BCUT2D eigenvalue weighted by Crippen LogP contribution is -2.37. The summed E-state index contributed by atoms with van der Waals surface area (Å²) >= 11 is 0. The number of hydrogen-bond acceptors (Lipinski definition) is 2. The van der Waals surface area contributed by atoms with Crippen LogP contribution in [0.25, 0.3) is 0 Å². The highest BCUT2D eigenvalue weighted by molar-refractivity contribution is 5.78. The third kappa shape index (κ3) is 21.5. The molecule has 0 atom stereocenters. The molecular weight excluding hydrogens is 310 g/mol. The largest absolute Gasteiger partial charge is 0.299 e. The number of hydrogen-bond donors (Lipinski definition) is 1. The van der Waals surface area contributed by atoms with Gasteiger partial charge >= 0.3 is 0 Å². The first kappa shape index (κ1) is 24.6. The van der Waals surface area contributed by atoms with Crippen LogP contribution in [0.4, 0.5) is 0 Å². The van der Waals surface area contributed by atoms with E-state index >= 15 is 0 Å². The molecule has 0 aliphatic carbocycles. The molecule has 0 fully saturated rings. The first-order chi connectivity index (χ1) is 12.0. The van der Waals surface area contributed by atoms with Crippen LogP contribution >= 0.6 is 0 Å². The molecule has 1 N–H and O–H groups in total. The van der Waals surface area contributed by atoms with Crippen LogP contribution in [0.15, 0.2) is 0 Å². The highest BCUT2D eigenvalue weighted by atomic mass is 16.5. The summed E-state index contributed by atoms with van der Waals surface area (Å²) in [5.74, 6) is 0.301. The van der Waals surface area contributed by atoms with Gasteiger partial charge in [0.2, 0.25) is 0 Å². The normalized spacial score (nSPS) is 11.8. The van der Waals surface area contributed by atoms with Crippen molar-refractivity contribution in [2.45, 2.75) is 116 Å². The summed E-state index contributed by atoms with van der Waals surface area (Å²) < 4.78 is -0.107. The maximum atomic E-state index is 11.7. The summed E-state index contributed by atoms with van der Waals surface area (Å²) in [6.45, 7) is 2.80. The van der Waals surface area contributed by atoms with Gasteiger partial charge in [-0.15, -0.1) is 0 Å². The van der Waals surface area contributed by atoms with Crippen molar-refractivity contribution >= 4 is 5.78 Å². The van der Waals surface area contributed by atoms with Crippen molar-refractivity contribution < 1.29 is 14.6 Å². The Bertz CT molecular complexity index is 297. The Kier molecular flexibility index (Phi) is 16.7. The van der Waals surface area contributed by atoms with Gasteiger partial charge in [0.15, 0.2) is 0 Å². The van der Waals surface area contributed by atoms with Crippen LogP contribution in [-0.2, 0) is 4.79 Å². The molecule has 25 heavy (non-hydrogen) atoms. The van der Waals surface area contributed by atoms with Crippen molar-refractivity contribution in [2.75, 3.05) is 20.6 Å². The summed E-state index contributed by atoms with van der Waals surface area (Å²) in [5.41, 5.74) is 0. The van der Waals surface area contributed by atoms with E-state index in [1.807, 2.05) is 0 Å². The van der Waals surface area contributed by atoms with E-state index in [2.05, 4.69) is 6.92 Å². The summed E-state index contributed by atoms with van der Waals surface area (Å²) in [4.78, 5) is 11.7. The van der Waals surface area contributed by atoms with E-state index in [0.717, 1.165) is 6.42 Å². The topological polar surface area (TPSA) is 37.3 Å². The molecule has 3 heteroatoms. The van der Waals surface area contributed by atoms with Gasteiger partial charge in [-0.1, -0.05) is 96.8 Å². The lowest BCUT2D eigenvalue weighted by Gasteiger charge is -2.18. The fourth-order valence-corrected chi connectivity index (χ4v) is 3.22. The summed E-state index contributed by atoms with van der Waals surface area (Å²) in [6.07, 6.45) is 21.5. The lowest BCUT2D eigenvalue weighted by atomic mass is 10.0. The smallest absolute Gasteiger partial charge is 0.138 e. The van der Waals surface area contributed by atoms with E-state index in [-0.39, 0.29) is 4.65 Å². The number of quaternary nitrogens is 1. The lowest BCUT2D eigenvalue weighted by molar-refractivity contribution is -1.07. The second-order valence-electron chi connectivity index (χ2n) is 8.33. The predicted octanol–water partition coefficient (Wildman–Crippen LogP) is 6.67. The van der Waals surface area contributed by atoms with E-state index in [9.17, 15) is 10.0 Å². The SMILES string of the molecule is CCCCCCCCCCCCCCCCCC(=O)CC[N+](C)(C)O. The fourth-order valence-electron chi connectivity index (χ4n) is 3.22. The molecule has 0 unspecified atom stereocenters. The van der Waals surface area contributed by atoms with Crippen LogP contribution in [0.5, 0.6) is 0 Å². The number of rotatable bonds is 19. The van der Waals surface area contributed by atoms with Crippen LogP contribution in [-0.4, -0.2) is 36.3 Å². The third-order valence-corrected chi connectivity index (χ3v) is 5.00. The third-order valence-electron chi connectivity index (χ3n) is 5.00. The maximum Gasteiger partial charge on any atom is 0.138 e. The quantitative estimate of drug-likeness (QED) is 0.159. The molecule has 0 aromatic rings. The van der Waals surface area contributed by atoms with Gasteiger partial charge in [0, 0.05) is 6.42 Å². The molecule has 0 aliphatic rings. The number of ketones is 1. The number of carbonyl (C=O) groups is 1. The average molecular weight is 357 g/mol. The molecule has 0 radical (unpaired) electrons. The molecule has 0 amide bonds. The molecular formula is C22H46NO2+. The van der Waals surface area contributed by atoms with E-state index in [4.69, 9.17) is 0 Å². The van der Waals surface area contributed by atoms with Gasteiger partial charge in [-0.3, -0.25) is 4.79 Å². The van der Waals surface area contributed by atoms with Crippen molar-refractivity contribution in [3.63, 3.8) is 0 Å². The van der Waals surface area contributed by atoms with Crippen molar-refractivity contribution in [3.8, 4) is 0 Å². The summed E-state index contributed by atoms with van der Waals surface area (Å²) in [5, 5.41) is 9.56. The molecule has 3 nitrogen and oxygen atoms in total. The highest BCUT2D eigenvalue weighted by Crippen LogP contribution is 2.14. The predicted molar refractivity (Wildman–Crippen MR) is 108 cm³/mol.